The van der Waals surface area contributed by atoms with Gasteiger partial charge >= 0.3 is 0 Å². The minimum Gasteiger partial charge on any atom is -0.399 e. The van der Waals surface area contributed by atoms with Gasteiger partial charge in [-0.1, -0.05) is 12.5 Å². The van der Waals surface area contributed by atoms with Gasteiger partial charge in [0.05, 0.1) is 0 Å². The van der Waals surface area contributed by atoms with Crippen LogP contribution >= 0.6 is 0 Å². The summed E-state index contributed by atoms with van der Waals surface area (Å²) in [5, 5.41) is 0. The van der Waals surface area contributed by atoms with E-state index in [0.29, 0.717) is 0 Å². The average Bonchev–Trinajstić information content (AvgIpc) is 2.74. The molecule has 0 heterocycles. The van der Waals surface area contributed by atoms with Crippen molar-refractivity contribution >= 4 is 0 Å². The molecule has 1 fully saturated rings. The number of nitrogens with two attached hydrogens (primary N) is 1. The summed E-state index contributed by atoms with van der Waals surface area (Å²) >= 11 is 0. The Morgan fingerprint density at radius 3 is 2.93 bits per heavy atom. The first-order valence-corrected chi connectivity index (χ1v) is 5.98. The van der Waals surface area contributed by atoms with Crippen LogP contribution in [0.25, 0.3) is 0 Å². The van der Waals surface area contributed by atoms with Crippen molar-refractivity contribution in [1.82, 2.24) is 0 Å². The van der Waals surface area contributed by atoms with E-state index in [9.17, 15) is 0 Å². The van der Waals surface area contributed by atoms with Crippen molar-refractivity contribution in [2.75, 3.05) is 0 Å². The number of allylic oxidation sites excluding steroid dienone is 3. The first-order valence-electron chi connectivity index (χ1n) is 5.98. The van der Waals surface area contributed by atoms with E-state index in [1.165, 1.54) is 44.2 Å². The Balaban J connectivity index is 2.06. The molecule has 1 saturated carbocycles. The molecular weight excluding hydrogens is 170 g/mol. The topological polar surface area (TPSA) is 26.0 Å². The number of hydrogen-bond donors (Lipinski definition) is 1. The zero-order valence-corrected chi connectivity index (χ0v) is 8.97. The van der Waals surface area contributed by atoms with E-state index in [4.69, 9.17) is 5.73 Å². The summed E-state index contributed by atoms with van der Waals surface area (Å²) in [5.41, 5.74) is 12.4. The fraction of sp³-hybridized carbons (Fsp3) is 0.692. The first kappa shape index (κ1) is 8.58. The zero-order chi connectivity index (χ0) is 9.71. The normalized spacial score (nSPS) is 36.4. The summed E-state index contributed by atoms with van der Waals surface area (Å²) in [7, 11) is 0. The van der Waals surface area contributed by atoms with E-state index in [1.807, 2.05) is 0 Å². The van der Waals surface area contributed by atoms with Gasteiger partial charge in [0.2, 0.25) is 0 Å². The maximum atomic E-state index is 6.32. The van der Waals surface area contributed by atoms with Gasteiger partial charge in [-0.15, -0.1) is 0 Å². The van der Waals surface area contributed by atoms with Gasteiger partial charge in [-0.05, 0) is 61.5 Å². The van der Waals surface area contributed by atoms with Crippen LogP contribution in [0.4, 0.5) is 0 Å². The summed E-state index contributed by atoms with van der Waals surface area (Å²) in [6.07, 6.45) is 8.04. The molecule has 0 spiro atoms. The average molecular weight is 189 g/mol. The van der Waals surface area contributed by atoms with E-state index in [0.717, 1.165) is 11.8 Å². The molecule has 1 heteroatoms. The van der Waals surface area contributed by atoms with Crippen LogP contribution < -0.4 is 5.73 Å². The quantitative estimate of drug-likeness (QED) is 0.622. The molecule has 0 aliphatic heterocycles. The first-order chi connectivity index (χ1) is 6.77. The Kier molecular flexibility index (Phi) is 1.77. The molecule has 3 aliphatic carbocycles. The highest BCUT2D eigenvalue weighted by molar-refractivity contribution is 5.46. The lowest BCUT2D eigenvalue weighted by Crippen LogP contribution is -2.17. The lowest BCUT2D eigenvalue weighted by atomic mass is 9.83. The van der Waals surface area contributed by atoms with Crippen LogP contribution in [0.1, 0.15) is 45.4 Å². The summed E-state index contributed by atoms with van der Waals surface area (Å²) in [6, 6.07) is 0. The SMILES string of the molecule is CC1CCC2=C1C(N)=C1CCCC1C2. The van der Waals surface area contributed by atoms with E-state index in [2.05, 4.69) is 6.92 Å². The van der Waals surface area contributed by atoms with Gasteiger partial charge in [-0.25, -0.2) is 0 Å². The second-order valence-electron chi connectivity index (χ2n) is 5.19. The van der Waals surface area contributed by atoms with Crippen LogP contribution in [0.3, 0.4) is 0 Å². The molecule has 1 nitrogen and oxygen atoms in total. The minimum atomic E-state index is 0.735. The molecule has 14 heavy (non-hydrogen) atoms. The lowest BCUT2D eigenvalue weighted by Gasteiger charge is -2.25. The summed E-state index contributed by atoms with van der Waals surface area (Å²) in [6.45, 7) is 2.34. The van der Waals surface area contributed by atoms with E-state index >= 15 is 0 Å². The molecule has 0 aromatic rings. The van der Waals surface area contributed by atoms with Crippen molar-refractivity contribution in [3.63, 3.8) is 0 Å². The van der Waals surface area contributed by atoms with Crippen LogP contribution in [0.5, 0.6) is 0 Å². The lowest BCUT2D eigenvalue weighted by molar-refractivity contribution is 0.598. The van der Waals surface area contributed by atoms with Gasteiger partial charge in [0.15, 0.2) is 0 Å². The number of hydrogen-bond acceptors (Lipinski definition) is 1. The van der Waals surface area contributed by atoms with Gasteiger partial charge in [0.25, 0.3) is 0 Å². The molecule has 76 valence electrons. The third kappa shape index (κ3) is 1.01. The van der Waals surface area contributed by atoms with Crippen LogP contribution in [0, 0.1) is 11.8 Å². The predicted molar refractivity (Wildman–Crippen MR) is 58.6 cm³/mol. The van der Waals surface area contributed by atoms with Gasteiger partial charge in [0.1, 0.15) is 0 Å². The largest absolute Gasteiger partial charge is 0.399 e. The van der Waals surface area contributed by atoms with Crippen molar-refractivity contribution in [2.24, 2.45) is 17.6 Å². The highest BCUT2D eigenvalue weighted by atomic mass is 14.6. The van der Waals surface area contributed by atoms with E-state index < -0.39 is 0 Å². The molecule has 2 unspecified atom stereocenters. The number of rotatable bonds is 0. The third-order valence-electron chi connectivity index (χ3n) is 4.37. The van der Waals surface area contributed by atoms with Gasteiger partial charge < -0.3 is 5.73 Å². The smallest absolute Gasteiger partial charge is 0.0343 e. The van der Waals surface area contributed by atoms with Gasteiger partial charge in [-0.3, -0.25) is 0 Å². The fourth-order valence-corrected chi connectivity index (χ4v) is 3.65. The molecule has 3 aliphatic rings. The maximum absolute atomic E-state index is 6.32. The fourth-order valence-electron chi connectivity index (χ4n) is 3.65. The third-order valence-corrected chi connectivity index (χ3v) is 4.37. The number of fused-ring (bicyclic) bond motifs is 1. The molecule has 0 radical (unpaired) electrons. The Bertz CT molecular complexity index is 335. The van der Waals surface area contributed by atoms with Crippen LogP contribution in [-0.4, -0.2) is 0 Å². The monoisotopic (exact) mass is 189 g/mol. The molecule has 3 rings (SSSR count). The highest BCUT2D eigenvalue weighted by Gasteiger charge is 2.35. The van der Waals surface area contributed by atoms with Crippen molar-refractivity contribution in [1.29, 1.82) is 0 Å². The molecule has 2 atom stereocenters. The Labute approximate surface area is 86.1 Å². The van der Waals surface area contributed by atoms with Gasteiger partial charge in [0, 0.05) is 5.70 Å². The highest BCUT2D eigenvalue weighted by Crippen LogP contribution is 2.48. The van der Waals surface area contributed by atoms with Crippen LogP contribution in [0.15, 0.2) is 22.4 Å². The van der Waals surface area contributed by atoms with Crippen molar-refractivity contribution in [3.05, 3.63) is 22.4 Å². The molecule has 2 N–H and O–H groups in total. The minimum absolute atomic E-state index is 0.735. The zero-order valence-electron chi connectivity index (χ0n) is 8.97. The maximum Gasteiger partial charge on any atom is 0.0343 e. The Hall–Kier alpha value is -0.720. The standard InChI is InChI=1S/C13H19N/c1-8-5-6-10-7-9-3-2-4-11(9)13(14)12(8)10/h8-9H,2-7,14H2,1H3. The molecule has 0 amide bonds. The van der Waals surface area contributed by atoms with Crippen molar-refractivity contribution in [3.8, 4) is 0 Å². The summed E-state index contributed by atoms with van der Waals surface area (Å²) in [5.74, 6) is 1.57. The predicted octanol–water partition coefficient (Wildman–Crippen LogP) is 3.13. The summed E-state index contributed by atoms with van der Waals surface area (Å²) < 4.78 is 0. The second-order valence-corrected chi connectivity index (χ2v) is 5.19. The van der Waals surface area contributed by atoms with E-state index in [1.54, 1.807) is 16.7 Å². The van der Waals surface area contributed by atoms with E-state index in [-0.39, 0.29) is 0 Å². The molecule has 0 aromatic carbocycles. The second kappa shape index (κ2) is 2.88. The molecular formula is C13H19N. The summed E-state index contributed by atoms with van der Waals surface area (Å²) in [4.78, 5) is 0. The Morgan fingerprint density at radius 1 is 1.21 bits per heavy atom. The van der Waals surface area contributed by atoms with Crippen molar-refractivity contribution < 1.29 is 0 Å². The molecule has 0 aromatic heterocycles. The van der Waals surface area contributed by atoms with Gasteiger partial charge in [-0.2, -0.15) is 0 Å². The van der Waals surface area contributed by atoms with Crippen molar-refractivity contribution in [2.45, 2.75) is 45.4 Å². The Morgan fingerprint density at radius 2 is 2.07 bits per heavy atom. The molecule has 0 saturated heterocycles. The molecule has 0 bridgehead atoms. The van der Waals surface area contributed by atoms with Crippen LogP contribution in [0.2, 0.25) is 0 Å². The van der Waals surface area contributed by atoms with Crippen LogP contribution in [-0.2, 0) is 0 Å².